The standard InChI is InChI=1S/C18H18ClF3N2O3S/c19-17-13(3-1-6-16(17)25)12-23-7-9-24(10-8-23)28(26,27)15-5-2-4-14(11-15)18(20,21)22/h1-6,11,25H,7-10,12H2. The molecule has 0 spiro atoms. The summed E-state index contributed by atoms with van der Waals surface area (Å²) in [5, 5.41) is 9.92. The van der Waals surface area contributed by atoms with Crippen molar-refractivity contribution in [1.82, 2.24) is 9.21 Å². The van der Waals surface area contributed by atoms with Gasteiger partial charge in [0.25, 0.3) is 0 Å². The summed E-state index contributed by atoms with van der Waals surface area (Å²) in [6, 6.07) is 8.69. The van der Waals surface area contributed by atoms with Gasteiger partial charge in [-0.25, -0.2) is 8.42 Å². The fraction of sp³-hybridized carbons (Fsp3) is 0.333. The number of alkyl halides is 3. The molecule has 152 valence electrons. The van der Waals surface area contributed by atoms with Crippen LogP contribution in [0.3, 0.4) is 0 Å². The predicted molar refractivity (Wildman–Crippen MR) is 98.6 cm³/mol. The molecule has 1 heterocycles. The highest BCUT2D eigenvalue weighted by Crippen LogP contribution is 2.32. The maximum Gasteiger partial charge on any atom is 0.416 e. The van der Waals surface area contributed by atoms with Crippen molar-refractivity contribution in [2.45, 2.75) is 17.6 Å². The van der Waals surface area contributed by atoms with E-state index in [0.717, 1.165) is 17.7 Å². The first-order valence-corrected chi connectivity index (χ1v) is 10.3. The number of sulfonamides is 1. The van der Waals surface area contributed by atoms with Gasteiger partial charge in [-0.3, -0.25) is 4.90 Å². The third-order valence-electron chi connectivity index (χ3n) is 4.58. The number of hydrogen-bond donors (Lipinski definition) is 1. The number of piperazine rings is 1. The highest BCUT2D eigenvalue weighted by molar-refractivity contribution is 7.89. The van der Waals surface area contributed by atoms with Gasteiger partial charge in [0.15, 0.2) is 0 Å². The number of nitrogens with zero attached hydrogens (tertiary/aromatic N) is 2. The molecule has 1 aliphatic rings. The Bertz CT molecular complexity index is 959. The molecule has 0 bridgehead atoms. The lowest BCUT2D eigenvalue weighted by Gasteiger charge is -2.34. The van der Waals surface area contributed by atoms with Gasteiger partial charge in [-0.1, -0.05) is 29.8 Å². The second-order valence-electron chi connectivity index (χ2n) is 6.46. The summed E-state index contributed by atoms with van der Waals surface area (Å²) in [7, 11) is -4.02. The van der Waals surface area contributed by atoms with Crippen LogP contribution in [-0.2, 0) is 22.7 Å². The molecule has 1 fully saturated rings. The summed E-state index contributed by atoms with van der Waals surface area (Å²) in [4.78, 5) is 1.60. The maximum atomic E-state index is 12.9. The summed E-state index contributed by atoms with van der Waals surface area (Å²) in [6.07, 6.45) is -4.61. The molecule has 5 nitrogen and oxygen atoms in total. The van der Waals surface area contributed by atoms with Gasteiger partial charge in [0.2, 0.25) is 10.0 Å². The average molecular weight is 435 g/mol. The Kier molecular flexibility index (Phi) is 5.90. The Morgan fingerprint density at radius 2 is 1.68 bits per heavy atom. The molecule has 0 aromatic heterocycles. The molecule has 28 heavy (non-hydrogen) atoms. The van der Waals surface area contributed by atoms with E-state index in [1.165, 1.54) is 16.4 Å². The fourth-order valence-corrected chi connectivity index (χ4v) is 4.69. The molecule has 10 heteroatoms. The van der Waals surface area contributed by atoms with Gasteiger partial charge in [0.1, 0.15) is 5.75 Å². The Morgan fingerprint density at radius 1 is 1.04 bits per heavy atom. The second kappa shape index (κ2) is 7.90. The summed E-state index contributed by atoms with van der Waals surface area (Å²) >= 11 is 6.07. The third kappa shape index (κ3) is 4.43. The van der Waals surface area contributed by atoms with Crippen LogP contribution in [0.2, 0.25) is 5.02 Å². The van der Waals surface area contributed by atoms with Crippen molar-refractivity contribution in [2.24, 2.45) is 0 Å². The highest BCUT2D eigenvalue weighted by Gasteiger charge is 2.34. The van der Waals surface area contributed by atoms with E-state index in [9.17, 15) is 26.7 Å². The van der Waals surface area contributed by atoms with Crippen molar-refractivity contribution >= 4 is 21.6 Å². The number of phenols is 1. The Hall–Kier alpha value is -1.81. The molecule has 1 aliphatic heterocycles. The Morgan fingerprint density at radius 3 is 2.32 bits per heavy atom. The minimum atomic E-state index is -4.61. The zero-order valence-corrected chi connectivity index (χ0v) is 16.2. The Labute approximate surface area is 166 Å². The fourth-order valence-electron chi connectivity index (χ4n) is 3.04. The monoisotopic (exact) mass is 434 g/mol. The van der Waals surface area contributed by atoms with E-state index in [4.69, 9.17) is 11.6 Å². The zero-order valence-electron chi connectivity index (χ0n) is 14.7. The minimum absolute atomic E-state index is 0.0232. The third-order valence-corrected chi connectivity index (χ3v) is 6.91. The lowest BCUT2D eigenvalue weighted by atomic mass is 10.2. The molecule has 0 aliphatic carbocycles. The summed E-state index contributed by atoms with van der Waals surface area (Å²) in [6.45, 7) is 1.52. The second-order valence-corrected chi connectivity index (χ2v) is 8.77. The van der Waals surface area contributed by atoms with Crippen molar-refractivity contribution in [2.75, 3.05) is 26.2 Å². The van der Waals surface area contributed by atoms with Crippen molar-refractivity contribution in [3.05, 3.63) is 58.6 Å². The molecular weight excluding hydrogens is 417 g/mol. The molecule has 0 atom stereocenters. The molecule has 0 amide bonds. The van der Waals surface area contributed by atoms with Gasteiger partial charge in [0, 0.05) is 32.7 Å². The number of benzene rings is 2. The Balaban J connectivity index is 1.69. The van der Waals surface area contributed by atoms with Crippen molar-refractivity contribution in [3.63, 3.8) is 0 Å². The quantitative estimate of drug-likeness (QED) is 0.799. The number of hydrogen-bond acceptors (Lipinski definition) is 4. The van der Waals surface area contributed by atoms with Crippen LogP contribution in [0.15, 0.2) is 47.4 Å². The molecule has 2 aromatic carbocycles. The van der Waals surface area contributed by atoms with Crippen molar-refractivity contribution in [1.29, 1.82) is 0 Å². The van der Waals surface area contributed by atoms with E-state index < -0.39 is 21.8 Å². The molecular formula is C18H18ClF3N2O3S. The van der Waals surface area contributed by atoms with Gasteiger partial charge in [-0.2, -0.15) is 17.5 Å². The first-order valence-electron chi connectivity index (χ1n) is 8.45. The zero-order chi connectivity index (χ0) is 20.5. The van der Waals surface area contributed by atoms with Crippen LogP contribution in [0.5, 0.6) is 5.75 Å². The van der Waals surface area contributed by atoms with Crippen LogP contribution >= 0.6 is 11.6 Å². The van der Waals surface area contributed by atoms with E-state index in [-0.39, 0.29) is 28.8 Å². The number of rotatable bonds is 4. The largest absolute Gasteiger partial charge is 0.506 e. The smallest absolute Gasteiger partial charge is 0.416 e. The van der Waals surface area contributed by atoms with E-state index >= 15 is 0 Å². The normalized spacial score (nSPS) is 17.0. The first kappa shape index (κ1) is 20.9. The van der Waals surface area contributed by atoms with Crippen LogP contribution in [-0.4, -0.2) is 48.9 Å². The van der Waals surface area contributed by atoms with Crippen LogP contribution in [0.1, 0.15) is 11.1 Å². The number of halogens is 4. The predicted octanol–water partition coefficient (Wildman–Crippen LogP) is 3.57. The van der Waals surface area contributed by atoms with Gasteiger partial charge in [-0.15, -0.1) is 0 Å². The molecule has 0 saturated carbocycles. The summed E-state index contributed by atoms with van der Waals surface area (Å²) in [5.41, 5.74) is -0.276. The number of phenolic OH excluding ortho intramolecular Hbond substituents is 1. The van der Waals surface area contributed by atoms with Crippen molar-refractivity contribution < 1.29 is 26.7 Å². The lowest BCUT2D eigenvalue weighted by molar-refractivity contribution is -0.137. The molecule has 3 rings (SSSR count). The van der Waals surface area contributed by atoms with E-state index in [2.05, 4.69) is 0 Å². The summed E-state index contributed by atoms with van der Waals surface area (Å²) in [5.74, 6) is -0.0232. The molecule has 0 unspecified atom stereocenters. The van der Waals surface area contributed by atoms with Crippen LogP contribution in [0, 0.1) is 0 Å². The molecule has 1 saturated heterocycles. The minimum Gasteiger partial charge on any atom is -0.506 e. The molecule has 1 N–H and O–H groups in total. The van der Waals surface area contributed by atoms with E-state index in [1.54, 1.807) is 12.1 Å². The van der Waals surface area contributed by atoms with Crippen LogP contribution in [0.25, 0.3) is 0 Å². The van der Waals surface area contributed by atoms with Gasteiger partial charge < -0.3 is 5.11 Å². The maximum absolute atomic E-state index is 12.9. The van der Waals surface area contributed by atoms with Gasteiger partial charge >= 0.3 is 6.18 Å². The van der Waals surface area contributed by atoms with E-state index in [0.29, 0.717) is 25.7 Å². The van der Waals surface area contributed by atoms with Gasteiger partial charge in [-0.05, 0) is 29.8 Å². The van der Waals surface area contributed by atoms with Crippen LogP contribution < -0.4 is 0 Å². The van der Waals surface area contributed by atoms with Gasteiger partial charge in [0.05, 0.1) is 15.5 Å². The molecule has 0 radical (unpaired) electrons. The van der Waals surface area contributed by atoms with Crippen molar-refractivity contribution in [3.8, 4) is 5.75 Å². The SMILES string of the molecule is O=S(=O)(c1cccc(C(F)(F)F)c1)N1CCN(Cc2cccc(O)c2Cl)CC1. The first-order chi connectivity index (χ1) is 13.1. The molecule has 2 aromatic rings. The number of aromatic hydroxyl groups is 1. The summed E-state index contributed by atoms with van der Waals surface area (Å²) < 4.78 is 65.2. The topological polar surface area (TPSA) is 60.9 Å². The highest BCUT2D eigenvalue weighted by atomic mass is 35.5. The lowest BCUT2D eigenvalue weighted by Crippen LogP contribution is -2.48. The van der Waals surface area contributed by atoms with E-state index in [1.807, 2.05) is 4.90 Å². The van der Waals surface area contributed by atoms with Crippen LogP contribution in [0.4, 0.5) is 13.2 Å². The average Bonchev–Trinajstić information content (AvgIpc) is 2.65.